The zero-order valence-corrected chi connectivity index (χ0v) is 16.2. The second-order valence-electron chi connectivity index (χ2n) is 8.27. The average Bonchev–Trinajstić information content (AvgIpc) is 2.54. The van der Waals surface area contributed by atoms with Gasteiger partial charge >= 0.3 is 0 Å². The van der Waals surface area contributed by atoms with E-state index in [-0.39, 0.29) is 11.8 Å². The van der Waals surface area contributed by atoms with E-state index < -0.39 is 10.8 Å². The smallest absolute Gasteiger partial charge is 0.230 e. The van der Waals surface area contributed by atoms with Crippen molar-refractivity contribution in [2.24, 2.45) is 10.8 Å². The lowest BCUT2D eigenvalue weighted by atomic mass is 9.96. The second kappa shape index (κ2) is 7.23. The number of pyridine rings is 2. The Morgan fingerprint density at radius 3 is 1.27 bits per heavy atom. The van der Waals surface area contributed by atoms with Gasteiger partial charge in [0, 0.05) is 34.4 Å². The highest BCUT2D eigenvalue weighted by Gasteiger charge is 2.22. The summed E-state index contributed by atoms with van der Waals surface area (Å²) in [5.74, 6) is 0.850. The molecule has 2 amide bonds. The molecular weight excluding hydrogens is 328 g/mol. The van der Waals surface area contributed by atoms with Gasteiger partial charge < -0.3 is 10.6 Å². The molecule has 6 heteroatoms. The number of nitrogens with one attached hydrogen (secondary N) is 2. The molecule has 0 fully saturated rings. The van der Waals surface area contributed by atoms with E-state index in [9.17, 15) is 9.59 Å². The number of aromatic nitrogens is 2. The molecule has 0 unspecified atom stereocenters. The molecule has 2 heterocycles. The molecule has 0 aliphatic rings. The van der Waals surface area contributed by atoms with E-state index in [1.165, 1.54) is 0 Å². The molecular formula is C20H26N4O2. The molecule has 26 heavy (non-hydrogen) atoms. The standard InChI is InChI=1S/C20H26N4O2/c1-19(2,3)17(25)23-15-9-7-13(11-21-15)14-8-10-16(22-12-14)24-18(26)20(4,5)6/h7-12H,1-6H3,(H,21,23,25)(H,22,24,26). The Labute approximate surface area is 154 Å². The Morgan fingerprint density at radius 2 is 1.04 bits per heavy atom. The number of hydrogen-bond acceptors (Lipinski definition) is 4. The van der Waals surface area contributed by atoms with Crippen molar-refractivity contribution in [1.29, 1.82) is 0 Å². The van der Waals surface area contributed by atoms with Crippen LogP contribution in [0.25, 0.3) is 11.1 Å². The van der Waals surface area contributed by atoms with E-state index in [0.717, 1.165) is 11.1 Å². The molecule has 0 bridgehead atoms. The Kier molecular flexibility index (Phi) is 5.44. The quantitative estimate of drug-likeness (QED) is 0.868. The van der Waals surface area contributed by atoms with Crippen LogP contribution < -0.4 is 10.6 Å². The molecule has 2 aromatic heterocycles. The first-order valence-electron chi connectivity index (χ1n) is 8.52. The van der Waals surface area contributed by atoms with Crippen molar-refractivity contribution in [2.45, 2.75) is 41.5 Å². The summed E-state index contributed by atoms with van der Waals surface area (Å²) >= 11 is 0. The Hall–Kier alpha value is -2.76. The molecule has 0 atom stereocenters. The lowest BCUT2D eigenvalue weighted by Crippen LogP contribution is -2.28. The maximum absolute atomic E-state index is 12.0. The number of hydrogen-bond donors (Lipinski definition) is 2. The fourth-order valence-corrected chi connectivity index (χ4v) is 1.88. The number of carbonyl (C=O) groups is 2. The third kappa shape index (κ3) is 5.12. The van der Waals surface area contributed by atoms with Crippen LogP contribution in [0.1, 0.15) is 41.5 Å². The summed E-state index contributed by atoms with van der Waals surface area (Å²) in [5.41, 5.74) is 0.801. The van der Waals surface area contributed by atoms with Gasteiger partial charge in [0.2, 0.25) is 11.8 Å². The van der Waals surface area contributed by atoms with Crippen LogP contribution in [0.3, 0.4) is 0 Å². The normalized spacial score (nSPS) is 11.8. The zero-order valence-electron chi connectivity index (χ0n) is 16.2. The van der Waals surface area contributed by atoms with E-state index in [1.807, 2.05) is 53.7 Å². The molecule has 0 spiro atoms. The summed E-state index contributed by atoms with van der Waals surface area (Å²) in [6.07, 6.45) is 3.37. The van der Waals surface area contributed by atoms with Gasteiger partial charge in [0.1, 0.15) is 11.6 Å². The first-order valence-corrected chi connectivity index (χ1v) is 8.52. The topological polar surface area (TPSA) is 84.0 Å². The summed E-state index contributed by atoms with van der Waals surface area (Å²) in [5, 5.41) is 5.58. The van der Waals surface area contributed by atoms with E-state index in [2.05, 4.69) is 20.6 Å². The van der Waals surface area contributed by atoms with Crippen LogP contribution >= 0.6 is 0 Å². The van der Waals surface area contributed by atoms with Crippen LogP contribution in [0.15, 0.2) is 36.7 Å². The minimum Gasteiger partial charge on any atom is -0.310 e. The van der Waals surface area contributed by atoms with Crippen molar-refractivity contribution in [1.82, 2.24) is 9.97 Å². The molecule has 0 aromatic carbocycles. The fourth-order valence-electron chi connectivity index (χ4n) is 1.88. The predicted molar refractivity (Wildman–Crippen MR) is 104 cm³/mol. The first kappa shape index (κ1) is 19.6. The van der Waals surface area contributed by atoms with E-state index in [4.69, 9.17) is 0 Å². The summed E-state index contributed by atoms with van der Waals surface area (Å²) in [7, 11) is 0. The predicted octanol–water partition coefficient (Wildman–Crippen LogP) is 4.11. The van der Waals surface area contributed by atoms with Crippen molar-refractivity contribution >= 4 is 23.5 Å². The lowest BCUT2D eigenvalue weighted by Gasteiger charge is -2.17. The number of rotatable bonds is 3. The van der Waals surface area contributed by atoms with E-state index >= 15 is 0 Å². The Morgan fingerprint density at radius 1 is 0.692 bits per heavy atom. The van der Waals surface area contributed by atoms with Crippen LogP contribution in [0.4, 0.5) is 11.6 Å². The molecule has 0 aliphatic carbocycles. The minimum atomic E-state index is -0.475. The molecule has 0 aliphatic heterocycles. The minimum absolute atomic E-state index is 0.0849. The van der Waals surface area contributed by atoms with Crippen LogP contribution in [0.5, 0.6) is 0 Å². The van der Waals surface area contributed by atoms with Gasteiger partial charge in [-0.25, -0.2) is 9.97 Å². The van der Waals surface area contributed by atoms with Crippen LogP contribution in [-0.4, -0.2) is 21.8 Å². The lowest BCUT2D eigenvalue weighted by molar-refractivity contribution is -0.123. The van der Waals surface area contributed by atoms with Gasteiger partial charge in [-0.3, -0.25) is 9.59 Å². The summed E-state index contributed by atoms with van der Waals surface area (Å²) in [6.45, 7) is 11.1. The summed E-state index contributed by atoms with van der Waals surface area (Å²) in [6, 6.07) is 7.26. The van der Waals surface area contributed by atoms with Gasteiger partial charge in [0.15, 0.2) is 0 Å². The van der Waals surface area contributed by atoms with Gasteiger partial charge in [0.25, 0.3) is 0 Å². The maximum Gasteiger partial charge on any atom is 0.230 e. The van der Waals surface area contributed by atoms with Crippen molar-refractivity contribution in [3.05, 3.63) is 36.7 Å². The highest BCUT2D eigenvalue weighted by atomic mass is 16.2. The van der Waals surface area contributed by atoms with Gasteiger partial charge in [-0.2, -0.15) is 0 Å². The Balaban J connectivity index is 2.08. The largest absolute Gasteiger partial charge is 0.310 e. The van der Waals surface area contributed by atoms with Crippen molar-refractivity contribution in [3.63, 3.8) is 0 Å². The second-order valence-corrected chi connectivity index (χ2v) is 8.27. The first-order chi connectivity index (χ1) is 12.0. The zero-order chi connectivity index (χ0) is 19.5. The third-order valence-corrected chi connectivity index (χ3v) is 3.71. The van der Waals surface area contributed by atoms with Crippen molar-refractivity contribution in [2.75, 3.05) is 10.6 Å². The van der Waals surface area contributed by atoms with Gasteiger partial charge in [-0.1, -0.05) is 41.5 Å². The van der Waals surface area contributed by atoms with Crippen LogP contribution in [-0.2, 0) is 9.59 Å². The molecule has 0 radical (unpaired) electrons. The number of nitrogens with zero attached hydrogens (tertiary/aromatic N) is 2. The molecule has 138 valence electrons. The van der Waals surface area contributed by atoms with Gasteiger partial charge in [-0.05, 0) is 24.3 Å². The molecule has 0 saturated carbocycles. The third-order valence-electron chi connectivity index (χ3n) is 3.71. The SMILES string of the molecule is CC(C)(C)C(=O)Nc1ccc(-c2ccc(NC(=O)C(C)(C)C)nc2)cn1. The molecule has 6 nitrogen and oxygen atoms in total. The molecule has 2 N–H and O–H groups in total. The molecule has 2 aromatic rings. The molecule has 2 rings (SSSR count). The van der Waals surface area contributed by atoms with Gasteiger partial charge in [0.05, 0.1) is 0 Å². The van der Waals surface area contributed by atoms with Gasteiger partial charge in [-0.15, -0.1) is 0 Å². The maximum atomic E-state index is 12.0. The average molecular weight is 354 g/mol. The van der Waals surface area contributed by atoms with Crippen LogP contribution in [0.2, 0.25) is 0 Å². The van der Waals surface area contributed by atoms with E-state index in [1.54, 1.807) is 24.5 Å². The fraction of sp³-hybridized carbons (Fsp3) is 0.400. The number of carbonyl (C=O) groups excluding carboxylic acids is 2. The highest BCUT2D eigenvalue weighted by molar-refractivity contribution is 5.94. The Bertz CT molecular complexity index is 713. The highest BCUT2D eigenvalue weighted by Crippen LogP contribution is 2.22. The number of amides is 2. The summed E-state index contributed by atoms with van der Waals surface area (Å²) < 4.78 is 0. The van der Waals surface area contributed by atoms with Crippen LogP contribution in [0, 0.1) is 10.8 Å². The van der Waals surface area contributed by atoms with Crippen molar-refractivity contribution < 1.29 is 9.59 Å². The monoisotopic (exact) mass is 354 g/mol. The van der Waals surface area contributed by atoms with E-state index in [0.29, 0.717) is 11.6 Å². The summed E-state index contributed by atoms with van der Waals surface area (Å²) in [4.78, 5) is 32.5. The number of anilines is 2. The van der Waals surface area contributed by atoms with Crippen molar-refractivity contribution in [3.8, 4) is 11.1 Å². The molecule has 0 saturated heterocycles.